The maximum atomic E-state index is 2.51. The first-order valence-corrected chi connectivity index (χ1v) is 12.0. The Hall–Kier alpha value is -1.60. The third kappa shape index (κ3) is 3.34. The fourth-order valence-corrected chi connectivity index (χ4v) is 8.34. The van der Waals surface area contributed by atoms with E-state index in [0.29, 0.717) is 5.54 Å². The van der Waals surface area contributed by atoms with Gasteiger partial charge in [-0.05, 0) is 73.6 Å². The highest BCUT2D eigenvalue weighted by atomic mass is 28.3. The minimum atomic E-state index is -0.692. The Bertz CT molecular complexity index is 799. The van der Waals surface area contributed by atoms with Crippen molar-refractivity contribution in [2.45, 2.75) is 72.4 Å². The van der Waals surface area contributed by atoms with Crippen molar-refractivity contribution in [3.8, 4) is 0 Å². The summed E-state index contributed by atoms with van der Waals surface area (Å²) in [5.74, 6) is 0. The van der Waals surface area contributed by atoms with Crippen LogP contribution in [-0.2, 0) is 0 Å². The highest BCUT2D eigenvalue weighted by Gasteiger charge is 2.31. The van der Waals surface area contributed by atoms with Gasteiger partial charge in [-0.15, -0.1) is 0 Å². The zero-order valence-electron chi connectivity index (χ0n) is 17.4. The Morgan fingerprint density at radius 3 is 2.08 bits per heavy atom. The summed E-state index contributed by atoms with van der Waals surface area (Å²) in [6.07, 6.45) is 8.89. The minimum absolute atomic E-state index is 0.618. The van der Waals surface area contributed by atoms with E-state index in [1.54, 1.807) is 21.9 Å². The predicted molar refractivity (Wildman–Crippen MR) is 118 cm³/mol. The molecule has 1 unspecified atom stereocenters. The molecule has 2 aromatic carbocycles. The van der Waals surface area contributed by atoms with Gasteiger partial charge in [-0.2, -0.15) is 0 Å². The van der Waals surface area contributed by atoms with E-state index in [2.05, 4.69) is 78.0 Å². The quantitative estimate of drug-likeness (QED) is 0.408. The molecule has 26 heavy (non-hydrogen) atoms. The van der Waals surface area contributed by atoms with Crippen molar-refractivity contribution >= 4 is 20.1 Å². The summed E-state index contributed by atoms with van der Waals surface area (Å²) in [5.41, 5.74) is 11.3. The Kier molecular flexibility index (Phi) is 5.87. The van der Waals surface area contributed by atoms with Crippen molar-refractivity contribution in [3.63, 3.8) is 0 Å². The summed E-state index contributed by atoms with van der Waals surface area (Å²) in [4.78, 5) is 0. The van der Waals surface area contributed by atoms with Crippen LogP contribution in [0.25, 0.3) is 6.08 Å². The van der Waals surface area contributed by atoms with Crippen molar-refractivity contribution in [2.75, 3.05) is 0 Å². The van der Waals surface area contributed by atoms with Crippen molar-refractivity contribution in [2.24, 2.45) is 0 Å². The molecule has 2 aromatic rings. The second kappa shape index (κ2) is 7.96. The van der Waals surface area contributed by atoms with Crippen LogP contribution in [-0.4, -0.2) is 8.80 Å². The number of allylic oxidation sites excluding steroid dienone is 1. The van der Waals surface area contributed by atoms with Gasteiger partial charge in [0, 0.05) is 5.54 Å². The summed E-state index contributed by atoms with van der Waals surface area (Å²) < 4.78 is 0. The topological polar surface area (TPSA) is 0 Å². The standard InChI is InChI=1S/C25H33Si/c1-7-8-11-16-26(24-15-14-22-12-9-10-13-23(22)24)25-20(5)18(3)17(2)19(4)21(25)6/h9-10,12-15,24H,7-8,11,16H2,1-6H3. The number of hydrogen-bond acceptors (Lipinski definition) is 0. The first kappa shape index (κ1) is 19.2. The summed E-state index contributed by atoms with van der Waals surface area (Å²) in [7, 11) is -0.692. The lowest BCUT2D eigenvalue weighted by Gasteiger charge is -2.29. The van der Waals surface area contributed by atoms with Crippen molar-refractivity contribution in [3.05, 3.63) is 69.3 Å². The molecule has 1 heteroatoms. The summed E-state index contributed by atoms with van der Waals surface area (Å²) in [6.45, 7) is 14.0. The van der Waals surface area contributed by atoms with E-state index in [0.717, 1.165) is 0 Å². The fourth-order valence-electron chi connectivity index (χ4n) is 4.54. The first-order chi connectivity index (χ1) is 12.5. The molecule has 3 rings (SSSR count). The molecule has 0 bridgehead atoms. The number of unbranched alkanes of at least 4 members (excludes halogenated alkanes) is 2. The molecule has 1 aliphatic rings. The highest BCUT2D eigenvalue weighted by molar-refractivity contribution is 6.76. The number of benzene rings is 2. The molecule has 0 aromatic heterocycles. The van der Waals surface area contributed by atoms with Crippen molar-refractivity contribution < 1.29 is 0 Å². The summed E-state index contributed by atoms with van der Waals surface area (Å²) >= 11 is 0. The smallest absolute Gasteiger partial charge is 0.0789 e. The molecule has 0 nitrogen and oxygen atoms in total. The van der Waals surface area contributed by atoms with Gasteiger partial charge in [-0.1, -0.05) is 73.8 Å². The average Bonchev–Trinajstić information content (AvgIpc) is 3.07. The van der Waals surface area contributed by atoms with E-state index in [9.17, 15) is 0 Å². The highest BCUT2D eigenvalue weighted by Crippen LogP contribution is 2.35. The van der Waals surface area contributed by atoms with E-state index < -0.39 is 8.80 Å². The molecule has 0 N–H and O–H groups in total. The summed E-state index contributed by atoms with van der Waals surface area (Å²) in [5, 5.41) is 1.72. The van der Waals surface area contributed by atoms with Gasteiger partial charge >= 0.3 is 0 Å². The lowest BCUT2D eigenvalue weighted by atomic mass is 9.95. The predicted octanol–water partition coefficient (Wildman–Crippen LogP) is 6.47. The van der Waals surface area contributed by atoms with Crippen molar-refractivity contribution in [1.29, 1.82) is 0 Å². The zero-order chi connectivity index (χ0) is 18.8. The molecule has 0 heterocycles. The molecule has 0 spiro atoms. The molecule has 137 valence electrons. The average molecular weight is 362 g/mol. The number of fused-ring (bicyclic) bond motifs is 1. The molecule has 0 aliphatic heterocycles. The molecule has 0 saturated heterocycles. The van der Waals surface area contributed by atoms with Gasteiger partial charge in [0.15, 0.2) is 0 Å². The van der Waals surface area contributed by atoms with Crippen LogP contribution in [0.4, 0.5) is 0 Å². The van der Waals surface area contributed by atoms with Crippen LogP contribution < -0.4 is 5.19 Å². The van der Waals surface area contributed by atoms with Crippen LogP contribution in [0, 0.1) is 34.6 Å². The van der Waals surface area contributed by atoms with Gasteiger partial charge in [0.2, 0.25) is 0 Å². The van der Waals surface area contributed by atoms with Gasteiger partial charge in [0.1, 0.15) is 0 Å². The molecule has 1 radical (unpaired) electrons. The van der Waals surface area contributed by atoms with Crippen LogP contribution in [0.3, 0.4) is 0 Å². The second-order valence-electron chi connectivity index (χ2n) is 7.95. The van der Waals surface area contributed by atoms with Crippen LogP contribution in [0.2, 0.25) is 6.04 Å². The fraction of sp³-hybridized carbons (Fsp3) is 0.440. The molecule has 1 atom stereocenters. The van der Waals surface area contributed by atoms with E-state index in [4.69, 9.17) is 0 Å². The van der Waals surface area contributed by atoms with E-state index in [1.807, 2.05) is 0 Å². The number of hydrogen-bond donors (Lipinski definition) is 0. The maximum absolute atomic E-state index is 2.51. The maximum Gasteiger partial charge on any atom is 0.0983 e. The van der Waals surface area contributed by atoms with E-state index >= 15 is 0 Å². The molecule has 0 fully saturated rings. The first-order valence-electron chi connectivity index (χ1n) is 10.2. The normalized spacial score (nSPS) is 15.7. The van der Waals surface area contributed by atoms with Crippen LogP contribution in [0.15, 0.2) is 30.3 Å². The van der Waals surface area contributed by atoms with Crippen molar-refractivity contribution in [1.82, 2.24) is 0 Å². The summed E-state index contributed by atoms with van der Waals surface area (Å²) in [6, 6.07) is 10.4. The van der Waals surface area contributed by atoms with Gasteiger partial charge in [-0.25, -0.2) is 0 Å². The van der Waals surface area contributed by atoms with E-state index in [-0.39, 0.29) is 0 Å². The molecular weight excluding hydrogens is 328 g/mol. The van der Waals surface area contributed by atoms with Crippen LogP contribution >= 0.6 is 0 Å². The largest absolute Gasteiger partial charge is 0.0983 e. The Labute approximate surface area is 162 Å². The lowest BCUT2D eigenvalue weighted by molar-refractivity contribution is 0.764. The second-order valence-corrected chi connectivity index (χ2v) is 10.6. The van der Waals surface area contributed by atoms with Gasteiger partial charge in [0.25, 0.3) is 0 Å². The van der Waals surface area contributed by atoms with Gasteiger partial charge in [0.05, 0.1) is 8.80 Å². The van der Waals surface area contributed by atoms with Gasteiger partial charge in [-0.3, -0.25) is 0 Å². The van der Waals surface area contributed by atoms with E-state index in [1.165, 1.54) is 47.6 Å². The Balaban J connectivity index is 2.11. The lowest BCUT2D eigenvalue weighted by Crippen LogP contribution is -2.40. The minimum Gasteiger partial charge on any atom is -0.0789 e. The Morgan fingerprint density at radius 1 is 0.808 bits per heavy atom. The third-order valence-electron chi connectivity index (χ3n) is 6.55. The zero-order valence-corrected chi connectivity index (χ0v) is 18.4. The van der Waals surface area contributed by atoms with Crippen LogP contribution in [0.1, 0.15) is 70.7 Å². The molecular formula is C25H33Si. The molecule has 1 aliphatic carbocycles. The monoisotopic (exact) mass is 361 g/mol. The molecule has 0 saturated carbocycles. The molecule has 0 amide bonds. The van der Waals surface area contributed by atoms with Crippen LogP contribution in [0.5, 0.6) is 0 Å². The number of rotatable bonds is 6. The third-order valence-corrected chi connectivity index (χ3v) is 10.1. The SMILES string of the molecule is CCCCC[Si](c1c(C)c(C)c(C)c(C)c1C)C1C=Cc2ccccc21. The Morgan fingerprint density at radius 2 is 1.42 bits per heavy atom. The van der Waals surface area contributed by atoms with Gasteiger partial charge < -0.3 is 0 Å².